The maximum absolute atomic E-state index is 5.32. The molecule has 2 rings (SSSR count). The smallest absolute Gasteiger partial charge is 0.0812 e. The zero-order valence-electron chi connectivity index (χ0n) is 6.02. The minimum atomic E-state index is 0.841. The SMILES string of the molecule is Cc1csc2c1CCOC2. The lowest BCUT2D eigenvalue weighted by molar-refractivity contribution is 0.113. The summed E-state index contributed by atoms with van der Waals surface area (Å²) < 4.78 is 5.32. The van der Waals surface area contributed by atoms with Crippen LogP contribution < -0.4 is 0 Å². The first-order valence-corrected chi connectivity index (χ1v) is 4.39. The van der Waals surface area contributed by atoms with Crippen molar-refractivity contribution >= 4 is 11.3 Å². The van der Waals surface area contributed by atoms with E-state index in [1.165, 1.54) is 16.0 Å². The molecule has 0 aromatic carbocycles. The molecule has 0 N–H and O–H groups in total. The zero-order valence-corrected chi connectivity index (χ0v) is 6.83. The second-order valence-corrected chi connectivity index (χ2v) is 3.59. The quantitative estimate of drug-likeness (QED) is 0.556. The van der Waals surface area contributed by atoms with E-state index in [4.69, 9.17) is 4.74 Å². The number of ether oxygens (including phenoxy) is 1. The van der Waals surface area contributed by atoms with Gasteiger partial charge in [0, 0.05) is 4.88 Å². The molecule has 0 saturated carbocycles. The number of thiophene rings is 1. The van der Waals surface area contributed by atoms with Crippen molar-refractivity contribution in [3.8, 4) is 0 Å². The largest absolute Gasteiger partial charge is 0.376 e. The van der Waals surface area contributed by atoms with E-state index in [9.17, 15) is 0 Å². The van der Waals surface area contributed by atoms with Crippen LogP contribution in [0.15, 0.2) is 5.38 Å². The van der Waals surface area contributed by atoms with Crippen LogP contribution in [0.2, 0.25) is 0 Å². The van der Waals surface area contributed by atoms with E-state index in [2.05, 4.69) is 12.3 Å². The normalized spacial score (nSPS) is 16.9. The Hall–Kier alpha value is -0.340. The molecule has 0 fully saturated rings. The van der Waals surface area contributed by atoms with Crippen LogP contribution in [-0.4, -0.2) is 6.61 Å². The van der Waals surface area contributed by atoms with Crippen molar-refractivity contribution in [1.82, 2.24) is 0 Å². The van der Waals surface area contributed by atoms with E-state index >= 15 is 0 Å². The lowest BCUT2D eigenvalue weighted by Crippen LogP contribution is -2.07. The average molecular weight is 154 g/mol. The van der Waals surface area contributed by atoms with E-state index in [0.29, 0.717) is 0 Å². The van der Waals surface area contributed by atoms with Crippen molar-refractivity contribution in [2.75, 3.05) is 6.61 Å². The fraction of sp³-hybridized carbons (Fsp3) is 0.500. The molecule has 0 bridgehead atoms. The molecule has 1 nitrogen and oxygen atoms in total. The van der Waals surface area contributed by atoms with Gasteiger partial charge in [0.2, 0.25) is 0 Å². The Bertz CT molecular complexity index is 239. The van der Waals surface area contributed by atoms with Crippen LogP contribution in [-0.2, 0) is 17.8 Å². The monoisotopic (exact) mass is 154 g/mol. The standard InChI is InChI=1S/C8H10OS/c1-6-5-10-8-4-9-3-2-7(6)8/h5H,2-4H2,1H3. The van der Waals surface area contributed by atoms with Crippen molar-refractivity contribution < 1.29 is 4.74 Å². The zero-order chi connectivity index (χ0) is 6.97. The fourth-order valence-corrected chi connectivity index (χ4v) is 2.34. The summed E-state index contributed by atoms with van der Waals surface area (Å²) in [7, 11) is 0. The van der Waals surface area contributed by atoms with Crippen LogP contribution in [0, 0.1) is 6.92 Å². The topological polar surface area (TPSA) is 9.23 Å². The Morgan fingerprint density at radius 3 is 3.30 bits per heavy atom. The number of rotatable bonds is 0. The molecule has 54 valence electrons. The average Bonchev–Trinajstić information content (AvgIpc) is 2.34. The molecule has 0 spiro atoms. The van der Waals surface area contributed by atoms with Gasteiger partial charge in [0.05, 0.1) is 13.2 Å². The van der Waals surface area contributed by atoms with Gasteiger partial charge in [0.15, 0.2) is 0 Å². The van der Waals surface area contributed by atoms with Crippen molar-refractivity contribution in [2.24, 2.45) is 0 Å². The summed E-state index contributed by atoms with van der Waals surface area (Å²) in [6.07, 6.45) is 1.12. The van der Waals surface area contributed by atoms with E-state index in [1.54, 1.807) is 0 Å². The van der Waals surface area contributed by atoms with E-state index in [-0.39, 0.29) is 0 Å². The van der Waals surface area contributed by atoms with Crippen LogP contribution >= 0.6 is 11.3 Å². The van der Waals surface area contributed by atoms with Crippen LogP contribution in [0.4, 0.5) is 0 Å². The molecule has 1 aromatic rings. The van der Waals surface area contributed by atoms with Gasteiger partial charge in [0.25, 0.3) is 0 Å². The van der Waals surface area contributed by atoms with Crippen LogP contribution in [0.5, 0.6) is 0 Å². The summed E-state index contributed by atoms with van der Waals surface area (Å²) in [4.78, 5) is 1.43. The van der Waals surface area contributed by atoms with E-state index < -0.39 is 0 Å². The summed E-state index contributed by atoms with van der Waals surface area (Å²) in [5, 5.41) is 2.22. The number of fused-ring (bicyclic) bond motifs is 1. The van der Waals surface area contributed by atoms with E-state index in [1.807, 2.05) is 11.3 Å². The Morgan fingerprint density at radius 1 is 1.60 bits per heavy atom. The van der Waals surface area contributed by atoms with Gasteiger partial charge in [-0.25, -0.2) is 0 Å². The summed E-state index contributed by atoms with van der Waals surface area (Å²) in [5.74, 6) is 0. The molecule has 2 heterocycles. The molecule has 1 aliphatic rings. The predicted octanol–water partition coefficient (Wildman–Crippen LogP) is 2.13. The van der Waals surface area contributed by atoms with Crippen molar-refractivity contribution in [1.29, 1.82) is 0 Å². The third kappa shape index (κ3) is 0.879. The molecule has 1 aromatic heterocycles. The molecule has 0 aliphatic carbocycles. The van der Waals surface area contributed by atoms with Gasteiger partial charge in [-0.2, -0.15) is 0 Å². The summed E-state index contributed by atoms with van der Waals surface area (Å²) >= 11 is 1.83. The van der Waals surface area contributed by atoms with E-state index in [0.717, 1.165) is 19.6 Å². The highest BCUT2D eigenvalue weighted by atomic mass is 32.1. The maximum Gasteiger partial charge on any atom is 0.0812 e. The number of hydrogen-bond acceptors (Lipinski definition) is 2. The Balaban J connectivity index is 2.45. The molecule has 10 heavy (non-hydrogen) atoms. The maximum atomic E-state index is 5.32. The van der Waals surface area contributed by atoms with Gasteiger partial charge in [-0.1, -0.05) is 0 Å². The van der Waals surface area contributed by atoms with Crippen molar-refractivity contribution in [2.45, 2.75) is 20.0 Å². The fourth-order valence-electron chi connectivity index (χ4n) is 1.32. The summed E-state index contributed by atoms with van der Waals surface area (Å²) in [6, 6.07) is 0. The molecular weight excluding hydrogens is 144 g/mol. The third-order valence-electron chi connectivity index (χ3n) is 1.92. The molecule has 0 unspecified atom stereocenters. The van der Waals surface area contributed by atoms with Gasteiger partial charge >= 0.3 is 0 Å². The summed E-state index contributed by atoms with van der Waals surface area (Å²) in [5.41, 5.74) is 2.99. The molecule has 0 radical (unpaired) electrons. The second-order valence-electron chi connectivity index (χ2n) is 2.62. The summed E-state index contributed by atoms with van der Waals surface area (Å²) in [6.45, 7) is 3.93. The second kappa shape index (κ2) is 2.36. The minimum Gasteiger partial charge on any atom is -0.376 e. The lowest BCUT2D eigenvalue weighted by Gasteiger charge is -2.11. The van der Waals surface area contributed by atoms with Gasteiger partial charge in [0.1, 0.15) is 0 Å². The Kier molecular flexibility index (Phi) is 1.51. The van der Waals surface area contributed by atoms with Crippen LogP contribution in [0.1, 0.15) is 16.0 Å². The first-order chi connectivity index (χ1) is 4.88. The lowest BCUT2D eigenvalue weighted by atomic mass is 10.1. The highest BCUT2D eigenvalue weighted by Gasteiger charge is 2.12. The molecule has 0 amide bonds. The predicted molar refractivity (Wildman–Crippen MR) is 42.4 cm³/mol. The van der Waals surface area contributed by atoms with Gasteiger partial charge in [-0.3, -0.25) is 0 Å². The molecular formula is C8H10OS. The highest BCUT2D eigenvalue weighted by molar-refractivity contribution is 7.10. The number of aryl methyl sites for hydroxylation is 1. The first-order valence-electron chi connectivity index (χ1n) is 3.51. The van der Waals surface area contributed by atoms with Crippen LogP contribution in [0.25, 0.3) is 0 Å². The Labute approximate surface area is 64.6 Å². The van der Waals surface area contributed by atoms with Gasteiger partial charge < -0.3 is 4.74 Å². The molecule has 1 aliphatic heterocycles. The van der Waals surface area contributed by atoms with Crippen molar-refractivity contribution in [3.05, 3.63) is 21.4 Å². The minimum absolute atomic E-state index is 0.841. The molecule has 0 saturated heterocycles. The van der Waals surface area contributed by atoms with Crippen molar-refractivity contribution in [3.63, 3.8) is 0 Å². The van der Waals surface area contributed by atoms with Gasteiger partial charge in [-0.15, -0.1) is 11.3 Å². The Morgan fingerprint density at radius 2 is 2.50 bits per heavy atom. The third-order valence-corrected chi connectivity index (χ3v) is 3.04. The first kappa shape index (κ1) is 6.38. The van der Waals surface area contributed by atoms with Gasteiger partial charge in [-0.05, 0) is 29.9 Å². The molecule has 2 heteroatoms. The highest BCUT2D eigenvalue weighted by Crippen LogP contribution is 2.26. The molecule has 0 atom stereocenters. The number of hydrogen-bond donors (Lipinski definition) is 0. The van der Waals surface area contributed by atoms with Crippen LogP contribution in [0.3, 0.4) is 0 Å².